The van der Waals surface area contributed by atoms with E-state index in [0.717, 1.165) is 22.4 Å². The number of anilines is 1. The van der Waals surface area contributed by atoms with Gasteiger partial charge in [-0.1, -0.05) is 66.3 Å². The quantitative estimate of drug-likeness (QED) is 0.543. The van der Waals surface area contributed by atoms with E-state index >= 15 is 0 Å². The van der Waals surface area contributed by atoms with Crippen LogP contribution < -0.4 is 4.90 Å². The number of nitrogens with zero attached hydrogens (tertiary/aromatic N) is 2. The van der Waals surface area contributed by atoms with Crippen LogP contribution in [0.15, 0.2) is 84.0 Å². The minimum Gasteiger partial charge on any atom is -0.468 e. The molecule has 6 nitrogen and oxygen atoms in total. The Balaban J connectivity index is 1.47. The van der Waals surface area contributed by atoms with E-state index in [9.17, 15) is 9.59 Å². The molecule has 0 radical (unpaired) electrons. The van der Waals surface area contributed by atoms with Gasteiger partial charge < -0.3 is 19.3 Å². The summed E-state index contributed by atoms with van der Waals surface area (Å²) in [5, 5.41) is 0. The molecule has 0 spiro atoms. The van der Waals surface area contributed by atoms with E-state index in [4.69, 9.17) is 9.47 Å². The van der Waals surface area contributed by atoms with Crippen molar-refractivity contribution in [3.63, 3.8) is 0 Å². The van der Waals surface area contributed by atoms with Crippen molar-refractivity contribution in [2.45, 2.75) is 25.6 Å². The Kier molecular flexibility index (Phi) is 5.00. The fourth-order valence-electron chi connectivity index (χ4n) is 5.51. The Hall–Kier alpha value is -3.54. The van der Waals surface area contributed by atoms with Gasteiger partial charge in [0.1, 0.15) is 12.0 Å². The molecule has 5 rings (SSSR count). The summed E-state index contributed by atoms with van der Waals surface area (Å²) < 4.78 is 10.9. The summed E-state index contributed by atoms with van der Waals surface area (Å²) in [6.45, 7) is 2.86. The third kappa shape index (κ3) is 3.01. The first-order valence-electron chi connectivity index (χ1n) is 10.8. The Labute approximate surface area is 187 Å². The van der Waals surface area contributed by atoms with Gasteiger partial charge in [0, 0.05) is 18.8 Å². The van der Waals surface area contributed by atoms with E-state index in [1.54, 1.807) is 4.90 Å². The third-order valence-electron chi connectivity index (χ3n) is 6.75. The molecular formula is C26H26N2O4. The van der Waals surface area contributed by atoms with Crippen LogP contribution in [0, 0.1) is 5.41 Å². The number of carbonyl (C=O) groups is 2. The molecule has 3 aliphatic rings. The summed E-state index contributed by atoms with van der Waals surface area (Å²) in [7, 11) is 1.42. The highest BCUT2D eigenvalue weighted by Gasteiger charge is 2.65. The molecule has 32 heavy (non-hydrogen) atoms. The van der Waals surface area contributed by atoms with Gasteiger partial charge in [-0.05, 0) is 30.2 Å². The number of esters is 1. The molecule has 2 bridgehead atoms. The predicted octanol–water partition coefficient (Wildman–Crippen LogP) is 3.94. The zero-order valence-electron chi connectivity index (χ0n) is 18.2. The number of methoxy groups -OCH3 is 1. The molecule has 0 saturated carbocycles. The lowest BCUT2D eigenvalue weighted by Crippen LogP contribution is -2.56. The molecule has 3 atom stereocenters. The molecule has 0 unspecified atom stereocenters. The van der Waals surface area contributed by atoms with E-state index in [2.05, 4.69) is 29.2 Å². The Bertz CT molecular complexity index is 1100. The monoisotopic (exact) mass is 430 g/mol. The van der Waals surface area contributed by atoms with Crippen molar-refractivity contribution in [2.75, 3.05) is 25.1 Å². The minimum absolute atomic E-state index is 0.0241. The van der Waals surface area contributed by atoms with Crippen molar-refractivity contribution >= 4 is 17.7 Å². The van der Waals surface area contributed by atoms with Crippen LogP contribution in [-0.2, 0) is 20.9 Å². The first-order valence-corrected chi connectivity index (χ1v) is 10.8. The van der Waals surface area contributed by atoms with E-state index in [1.165, 1.54) is 7.11 Å². The second-order valence-corrected chi connectivity index (χ2v) is 8.57. The SMILES string of the molecule is COC(=O)[C@@]12CN(C(=O)OCc3ccccc3)CC(C)=C1[C@@H]1C=C[C@H]2N1c1ccccc1. The van der Waals surface area contributed by atoms with Crippen LogP contribution in [0.1, 0.15) is 12.5 Å². The molecule has 2 aromatic rings. The fraction of sp³-hybridized carbons (Fsp3) is 0.308. The second-order valence-electron chi connectivity index (χ2n) is 8.57. The number of fused-ring (bicyclic) bond motifs is 5. The normalized spacial score (nSPS) is 25.7. The predicted molar refractivity (Wildman–Crippen MR) is 121 cm³/mol. The Morgan fingerprint density at radius 1 is 1.03 bits per heavy atom. The zero-order chi connectivity index (χ0) is 22.3. The lowest BCUT2D eigenvalue weighted by Gasteiger charge is -2.42. The maximum atomic E-state index is 13.3. The van der Waals surface area contributed by atoms with Crippen LogP contribution in [0.2, 0.25) is 0 Å². The average molecular weight is 431 g/mol. The average Bonchev–Trinajstić information content (AvgIpc) is 3.39. The summed E-state index contributed by atoms with van der Waals surface area (Å²) in [5.41, 5.74) is 3.08. The van der Waals surface area contributed by atoms with Crippen molar-refractivity contribution in [3.05, 3.63) is 89.5 Å². The number of para-hydroxylation sites is 1. The van der Waals surface area contributed by atoms with Crippen molar-refractivity contribution < 1.29 is 19.1 Å². The molecule has 1 fully saturated rings. The highest BCUT2D eigenvalue weighted by Crippen LogP contribution is 2.55. The molecule has 164 valence electrons. The van der Waals surface area contributed by atoms with Gasteiger partial charge in [-0.2, -0.15) is 0 Å². The summed E-state index contributed by atoms with van der Waals surface area (Å²) >= 11 is 0. The molecule has 3 aliphatic heterocycles. The summed E-state index contributed by atoms with van der Waals surface area (Å²) in [4.78, 5) is 30.2. The molecule has 1 amide bonds. The van der Waals surface area contributed by atoms with Crippen LogP contribution >= 0.6 is 0 Å². The van der Waals surface area contributed by atoms with Gasteiger partial charge in [0.15, 0.2) is 0 Å². The summed E-state index contributed by atoms with van der Waals surface area (Å²) in [6.07, 6.45) is 3.80. The summed E-state index contributed by atoms with van der Waals surface area (Å²) in [6, 6.07) is 19.4. The van der Waals surface area contributed by atoms with Gasteiger partial charge in [-0.3, -0.25) is 4.79 Å². The molecule has 1 saturated heterocycles. The van der Waals surface area contributed by atoms with E-state index in [-0.39, 0.29) is 31.2 Å². The van der Waals surface area contributed by atoms with E-state index in [1.807, 2.05) is 55.5 Å². The van der Waals surface area contributed by atoms with Gasteiger partial charge in [0.05, 0.1) is 19.2 Å². The topological polar surface area (TPSA) is 59.1 Å². The first-order chi connectivity index (χ1) is 15.6. The molecule has 3 heterocycles. The van der Waals surface area contributed by atoms with Gasteiger partial charge in [-0.15, -0.1) is 0 Å². The Morgan fingerprint density at radius 2 is 1.72 bits per heavy atom. The second kappa shape index (κ2) is 7.86. The number of ether oxygens (including phenoxy) is 2. The van der Waals surface area contributed by atoms with Crippen molar-refractivity contribution in [1.82, 2.24) is 4.90 Å². The number of hydrogen-bond donors (Lipinski definition) is 0. The standard InChI is InChI=1S/C26H26N2O4/c1-18-15-27(25(30)32-16-19-9-5-3-6-10-19)17-26(24(29)31-2)22-14-13-21(23(18)26)28(22)20-11-7-4-8-12-20/h3-14,21-22H,15-17H2,1-2H3/t21-,22+,26+/m0/s1. The lowest BCUT2D eigenvalue weighted by atomic mass is 9.68. The number of hydrogen-bond acceptors (Lipinski definition) is 5. The molecule has 0 aliphatic carbocycles. The van der Waals surface area contributed by atoms with Gasteiger partial charge in [0.25, 0.3) is 0 Å². The van der Waals surface area contributed by atoms with Crippen LogP contribution in [0.5, 0.6) is 0 Å². The smallest absolute Gasteiger partial charge is 0.410 e. The highest BCUT2D eigenvalue weighted by molar-refractivity contribution is 5.89. The number of carbonyl (C=O) groups excluding carboxylic acids is 2. The number of rotatable bonds is 4. The van der Waals surface area contributed by atoms with Crippen molar-refractivity contribution in [3.8, 4) is 0 Å². The van der Waals surface area contributed by atoms with Crippen molar-refractivity contribution in [1.29, 1.82) is 0 Å². The molecular weight excluding hydrogens is 404 g/mol. The minimum atomic E-state index is -0.946. The largest absolute Gasteiger partial charge is 0.468 e. The third-order valence-corrected chi connectivity index (χ3v) is 6.75. The van der Waals surface area contributed by atoms with Crippen LogP contribution in [0.3, 0.4) is 0 Å². The van der Waals surface area contributed by atoms with Gasteiger partial charge >= 0.3 is 12.1 Å². The van der Waals surface area contributed by atoms with Crippen LogP contribution in [0.4, 0.5) is 10.5 Å². The van der Waals surface area contributed by atoms with E-state index in [0.29, 0.717) is 6.54 Å². The Morgan fingerprint density at radius 3 is 2.41 bits per heavy atom. The summed E-state index contributed by atoms with van der Waals surface area (Å²) in [5.74, 6) is -0.315. The van der Waals surface area contributed by atoms with Gasteiger partial charge in [-0.25, -0.2) is 4.79 Å². The fourth-order valence-corrected chi connectivity index (χ4v) is 5.51. The van der Waals surface area contributed by atoms with Crippen molar-refractivity contribution in [2.24, 2.45) is 5.41 Å². The molecule has 0 N–H and O–H groups in total. The van der Waals surface area contributed by atoms with Gasteiger partial charge in [0.2, 0.25) is 0 Å². The lowest BCUT2D eigenvalue weighted by molar-refractivity contribution is -0.151. The zero-order valence-corrected chi connectivity index (χ0v) is 18.2. The van der Waals surface area contributed by atoms with Crippen LogP contribution in [0.25, 0.3) is 0 Å². The number of amides is 1. The number of benzene rings is 2. The molecule has 0 aromatic heterocycles. The molecule has 6 heteroatoms. The highest BCUT2D eigenvalue weighted by atomic mass is 16.6. The maximum absolute atomic E-state index is 13.3. The molecule has 2 aromatic carbocycles. The first kappa shape index (κ1) is 20.4. The maximum Gasteiger partial charge on any atom is 0.410 e. The van der Waals surface area contributed by atoms with Crippen LogP contribution in [-0.4, -0.2) is 49.2 Å². The van der Waals surface area contributed by atoms with E-state index < -0.39 is 11.5 Å².